The molecule has 0 aromatic heterocycles. The van der Waals surface area contributed by atoms with E-state index in [1.165, 1.54) is 0 Å². The van der Waals surface area contributed by atoms with Gasteiger partial charge in [0.05, 0.1) is 12.3 Å². The first-order chi connectivity index (χ1) is 11.0. The van der Waals surface area contributed by atoms with Crippen molar-refractivity contribution in [3.05, 3.63) is 42.5 Å². The molecule has 0 unspecified atom stereocenters. The Kier molecular flexibility index (Phi) is 5.57. The molecule has 5 heteroatoms. The Balaban J connectivity index is 2.12. The van der Waals surface area contributed by atoms with Crippen molar-refractivity contribution in [3.63, 3.8) is 0 Å². The lowest BCUT2D eigenvalue weighted by Gasteiger charge is -2.21. The minimum atomic E-state index is -0.676. The standard InChI is InChI=1S/C18H22N2O3/c1-4-23-17(21)16(12(2)3)20-18(22)19-15-11-7-9-13-8-5-6-10-14(13)15/h5-12,16H,4H2,1-3H3,(H2,19,20,22)/t16-/m1/s1. The number of nitrogens with one attached hydrogen (secondary N) is 2. The van der Waals surface area contributed by atoms with Crippen molar-refractivity contribution in [2.45, 2.75) is 26.8 Å². The van der Waals surface area contributed by atoms with Gasteiger partial charge in [0.1, 0.15) is 6.04 Å². The van der Waals surface area contributed by atoms with Crippen LogP contribution in [0.15, 0.2) is 42.5 Å². The number of fused-ring (bicyclic) bond motifs is 1. The molecule has 2 aromatic carbocycles. The third-order valence-corrected chi connectivity index (χ3v) is 3.53. The van der Waals surface area contributed by atoms with E-state index in [1.54, 1.807) is 6.92 Å². The third-order valence-electron chi connectivity index (χ3n) is 3.53. The summed E-state index contributed by atoms with van der Waals surface area (Å²) < 4.78 is 5.01. The highest BCUT2D eigenvalue weighted by Gasteiger charge is 2.25. The second-order valence-corrected chi connectivity index (χ2v) is 5.60. The topological polar surface area (TPSA) is 67.4 Å². The molecule has 0 spiro atoms. The Morgan fingerprint density at radius 1 is 1.09 bits per heavy atom. The van der Waals surface area contributed by atoms with Gasteiger partial charge in [-0.05, 0) is 24.3 Å². The number of carbonyl (C=O) groups excluding carboxylic acids is 2. The lowest BCUT2D eigenvalue weighted by atomic mass is 10.1. The van der Waals surface area contributed by atoms with Gasteiger partial charge in [0.15, 0.2) is 0 Å². The molecule has 0 saturated carbocycles. The van der Waals surface area contributed by atoms with Gasteiger partial charge in [0, 0.05) is 5.39 Å². The summed E-state index contributed by atoms with van der Waals surface area (Å²) in [6, 6.07) is 12.4. The molecule has 2 aromatic rings. The first kappa shape index (κ1) is 16.8. The molecule has 2 rings (SSSR count). The minimum Gasteiger partial charge on any atom is -0.464 e. The fourth-order valence-corrected chi connectivity index (χ4v) is 2.36. The minimum absolute atomic E-state index is 0.0627. The van der Waals surface area contributed by atoms with Gasteiger partial charge in [-0.3, -0.25) is 0 Å². The largest absolute Gasteiger partial charge is 0.464 e. The van der Waals surface area contributed by atoms with Crippen LogP contribution in [0.5, 0.6) is 0 Å². The van der Waals surface area contributed by atoms with Gasteiger partial charge in [-0.25, -0.2) is 9.59 Å². The van der Waals surface area contributed by atoms with Crippen molar-refractivity contribution in [2.24, 2.45) is 5.92 Å². The summed E-state index contributed by atoms with van der Waals surface area (Å²) in [6.07, 6.45) is 0. The predicted molar refractivity (Wildman–Crippen MR) is 91.4 cm³/mol. The van der Waals surface area contributed by atoms with E-state index in [4.69, 9.17) is 4.74 Å². The van der Waals surface area contributed by atoms with E-state index in [9.17, 15) is 9.59 Å². The van der Waals surface area contributed by atoms with Crippen LogP contribution in [0.4, 0.5) is 10.5 Å². The maximum Gasteiger partial charge on any atom is 0.328 e. The van der Waals surface area contributed by atoms with E-state index >= 15 is 0 Å². The molecular formula is C18H22N2O3. The molecule has 0 aliphatic rings. The highest BCUT2D eigenvalue weighted by molar-refractivity contribution is 6.02. The fourth-order valence-electron chi connectivity index (χ4n) is 2.36. The molecule has 2 amide bonds. The first-order valence-corrected chi connectivity index (χ1v) is 7.74. The summed E-state index contributed by atoms with van der Waals surface area (Å²) in [5.74, 6) is -0.483. The van der Waals surface area contributed by atoms with E-state index in [-0.39, 0.29) is 12.5 Å². The van der Waals surface area contributed by atoms with Crippen LogP contribution in [0.25, 0.3) is 10.8 Å². The van der Waals surface area contributed by atoms with E-state index in [0.717, 1.165) is 10.8 Å². The number of carbonyl (C=O) groups is 2. The lowest BCUT2D eigenvalue weighted by Crippen LogP contribution is -2.47. The van der Waals surface area contributed by atoms with Crippen molar-refractivity contribution in [1.82, 2.24) is 5.32 Å². The van der Waals surface area contributed by atoms with Crippen LogP contribution >= 0.6 is 0 Å². The first-order valence-electron chi connectivity index (χ1n) is 7.74. The molecule has 0 bridgehead atoms. The lowest BCUT2D eigenvalue weighted by molar-refractivity contribution is -0.146. The number of benzene rings is 2. The number of rotatable bonds is 5. The molecule has 1 atom stereocenters. The van der Waals surface area contributed by atoms with Gasteiger partial charge in [0.2, 0.25) is 0 Å². The highest BCUT2D eigenvalue weighted by Crippen LogP contribution is 2.22. The smallest absolute Gasteiger partial charge is 0.328 e. The zero-order valence-electron chi connectivity index (χ0n) is 13.6. The molecule has 0 radical (unpaired) electrons. The van der Waals surface area contributed by atoms with Crippen molar-refractivity contribution >= 4 is 28.5 Å². The summed E-state index contributed by atoms with van der Waals surface area (Å²) in [5.41, 5.74) is 0.701. The Hall–Kier alpha value is -2.56. The molecule has 0 saturated heterocycles. The van der Waals surface area contributed by atoms with Gasteiger partial charge in [-0.15, -0.1) is 0 Å². The normalized spacial score (nSPS) is 12.0. The van der Waals surface area contributed by atoms with E-state index in [0.29, 0.717) is 5.69 Å². The molecular weight excluding hydrogens is 292 g/mol. The van der Waals surface area contributed by atoms with Crippen molar-refractivity contribution in [2.75, 3.05) is 11.9 Å². The zero-order valence-corrected chi connectivity index (χ0v) is 13.6. The van der Waals surface area contributed by atoms with Crippen LogP contribution in [0, 0.1) is 5.92 Å². The van der Waals surface area contributed by atoms with E-state index in [1.807, 2.05) is 56.3 Å². The maximum absolute atomic E-state index is 12.2. The Morgan fingerprint density at radius 3 is 2.48 bits per heavy atom. The third kappa shape index (κ3) is 4.22. The zero-order chi connectivity index (χ0) is 16.8. The van der Waals surface area contributed by atoms with Crippen LogP contribution < -0.4 is 10.6 Å². The molecule has 122 valence electrons. The molecule has 5 nitrogen and oxygen atoms in total. The molecule has 0 aliphatic heterocycles. The van der Waals surface area contributed by atoms with Crippen LogP contribution in [-0.2, 0) is 9.53 Å². The summed E-state index contributed by atoms with van der Waals surface area (Å²) in [7, 11) is 0. The second-order valence-electron chi connectivity index (χ2n) is 5.60. The molecule has 0 fully saturated rings. The predicted octanol–water partition coefficient (Wildman–Crippen LogP) is 3.55. The van der Waals surface area contributed by atoms with E-state index in [2.05, 4.69) is 10.6 Å². The average Bonchev–Trinajstić information content (AvgIpc) is 2.53. The van der Waals surface area contributed by atoms with Crippen molar-refractivity contribution < 1.29 is 14.3 Å². The van der Waals surface area contributed by atoms with Crippen LogP contribution in [0.3, 0.4) is 0 Å². The number of hydrogen-bond acceptors (Lipinski definition) is 3. The van der Waals surface area contributed by atoms with E-state index < -0.39 is 18.0 Å². The summed E-state index contributed by atoms with van der Waals surface area (Å²) in [6.45, 7) is 5.75. The highest BCUT2D eigenvalue weighted by atomic mass is 16.5. The summed E-state index contributed by atoms with van der Waals surface area (Å²) in [4.78, 5) is 24.2. The number of hydrogen-bond donors (Lipinski definition) is 2. The quantitative estimate of drug-likeness (QED) is 0.829. The molecule has 0 aliphatic carbocycles. The van der Waals surface area contributed by atoms with Gasteiger partial charge in [-0.2, -0.15) is 0 Å². The summed E-state index contributed by atoms with van der Waals surface area (Å²) in [5, 5.41) is 7.48. The Labute approximate surface area is 136 Å². The maximum atomic E-state index is 12.2. The second kappa shape index (κ2) is 7.63. The van der Waals surface area contributed by atoms with Gasteiger partial charge in [-0.1, -0.05) is 50.2 Å². The van der Waals surface area contributed by atoms with Gasteiger partial charge >= 0.3 is 12.0 Å². The number of urea groups is 1. The Bertz CT molecular complexity index is 692. The van der Waals surface area contributed by atoms with Crippen molar-refractivity contribution in [1.29, 1.82) is 0 Å². The SMILES string of the molecule is CCOC(=O)[C@H](NC(=O)Nc1cccc2ccccc12)C(C)C. The number of ether oxygens (including phenoxy) is 1. The van der Waals surface area contributed by atoms with Gasteiger partial charge < -0.3 is 15.4 Å². The fraction of sp³-hybridized carbons (Fsp3) is 0.333. The monoisotopic (exact) mass is 314 g/mol. The van der Waals surface area contributed by atoms with Crippen LogP contribution in [-0.4, -0.2) is 24.6 Å². The Morgan fingerprint density at radius 2 is 1.78 bits per heavy atom. The van der Waals surface area contributed by atoms with Gasteiger partial charge in [0.25, 0.3) is 0 Å². The number of amides is 2. The summed E-state index contributed by atoms with van der Waals surface area (Å²) >= 11 is 0. The van der Waals surface area contributed by atoms with Crippen molar-refractivity contribution in [3.8, 4) is 0 Å². The van der Waals surface area contributed by atoms with Crippen LogP contribution in [0.2, 0.25) is 0 Å². The average molecular weight is 314 g/mol. The molecule has 23 heavy (non-hydrogen) atoms. The number of anilines is 1. The molecule has 0 heterocycles. The molecule has 2 N–H and O–H groups in total. The van der Waals surface area contributed by atoms with Crippen LogP contribution in [0.1, 0.15) is 20.8 Å². The number of esters is 1.